The number of hydrogen-bond acceptors (Lipinski definition) is 3. The van der Waals surface area contributed by atoms with Gasteiger partial charge in [0, 0.05) is 23.9 Å². The predicted octanol–water partition coefficient (Wildman–Crippen LogP) is 1.64. The molecule has 0 amide bonds. The molecule has 0 bridgehead atoms. The zero-order valence-electron chi connectivity index (χ0n) is 8.57. The van der Waals surface area contributed by atoms with E-state index in [9.17, 15) is 0 Å². The van der Waals surface area contributed by atoms with E-state index in [1.807, 2.05) is 29.7 Å². The highest BCUT2D eigenvalue weighted by Gasteiger charge is 2.41. The summed E-state index contributed by atoms with van der Waals surface area (Å²) >= 11 is 1.91. The number of hydrogen-bond donors (Lipinski definition) is 1. The molecular formula is C10H17N3S. The highest BCUT2D eigenvalue weighted by molar-refractivity contribution is 7.99. The molecule has 2 rings (SSSR count). The van der Waals surface area contributed by atoms with Gasteiger partial charge in [0.2, 0.25) is 0 Å². The van der Waals surface area contributed by atoms with Crippen LogP contribution >= 0.6 is 11.8 Å². The molecule has 1 aliphatic carbocycles. The third-order valence-electron chi connectivity index (χ3n) is 2.86. The van der Waals surface area contributed by atoms with E-state index in [4.69, 9.17) is 5.73 Å². The normalized spacial score (nSPS) is 18.4. The third-order valence-corrected chi connectivity index (χ3v) is 4.16. The fourth-order valence-corrected chi connectivity index (χ4v) is 2.91. The average molecular weight is 211 g/mol. The quantitative estimate of drug-likeness (QED) is 0.753. The van der Waals surface area contributed by atoms with Crippen molar-refractivity contribution in [3.63, 3.8) is 0 Å². The molecule has 0 aromatic carbocycles. The second-order valence-corrected chi connectivity index (χ2v) is 5.23. The summed E-state index contributed by atoms with van der Waals surface area (Å²) in [5, 5.41) is 4.15. The van der Waals surface area contributed by atoms with Crippen molar-refractivity contribution >= 4 is 11.8 Å². The van der Waals surface area contributed by atoms with Crippen molar-refractivity contribution in [2.75, 3.05) is 12.3 Å². The molecule has 0 saturated heterocycles. The van der Waals surface area contributed by atoms with Crippen molar-refractivity contribution in [3.8, 4) is 0 Å². The van der Waals surface area contributed by atoms with Gasteiger partial charge in [0.25, 0.3) is 0 Å². The Morgan fingerprint density at radius 3 is 2.93 bits per heavy atom. The first-order valence-electron chi connectivity index (χ1n) is 5.06. The van der Waals surface area contributed by atoms with Crippen LogP contribution in [0.25, 0.3) is 0 Å². The van der Waals surface area contributed by atoms with E-state index >= 15 is 0 Å². The molecule has 0 unspecified atom stereocenters. The highest BCUT2D eigenvalue weighted by Crippen LogP contribution is 2.51. The molecule has 1 aromatic heterocycles. The van der Waals surface area contributed by atoms with Gasteiger partial charge in [-0.05, 0) is 31.2 Å². The van der Waals surface area contributed by atoms with Crippen LogP contribution < -0.4 is 5.73 Å². The molecule has 1 saturated carbocycles. The van der Waals surface area contributed by atoms with Crippen LogP contribution in [-0.2, 0) is 7.05 Å². The fraction of sp³-hybridized carbons (Fsp3) is 0.700. The smallest absolute Gasteiger partial charge is 0.0625 e. The average Bonchev–Trinajstić information content (AvgIpc) is 2.80. The largest absolute Gasteiger partial charge is 0.330 e. The van der Waals surface area contributed by atoms with Crippen LogP contribution in [0.2, 0.25) is 0 Å². The summed E-state index contributed by atoms with van der Waals surface area (Å²) in [5.74, 6) is 1.20. The van der Waals surface area contributed by atoms with Gasteiger partial charge in [-0.15, -0.1) is 11.8 Å². The van der Waals surface area contributed by atoms with E-state index in [1.54, 1.807) is 0 Å². The summed E-state index contributed by atoms with van der Waals surface area (Å²) in [4.78, 5) is 1.27. The molecule has 3 nitrogen and oxygen atoms in total. The van der Waals surface area contributed by atoms with Gasteiger partial charge >= 0.3 is 0 Å². The summed E-state index contributed by atoms with van der Waals surface area (Å²) in [7, 11) is 1.96. The maximum absolute atomic E-state index is 5.60. The molecule has 1 aromatic rings. The van der Waals surface area contributed by atoms with E-state index < -0.39 is 0 Å². The third kappa shape index (κ3) is 2.30. The summed E-state index contributed by atoms with van der Waals surface area (Å²) in [6, 6.07) is 0. The Morgan fingerprint density at radius 2 is 2.43 bits per heavy atom. The first-order chi connectivity index (χ1) is 6.74. The van der Waals surface area contributed by atoms with Crippen LogP contribution in [0.4, 0.5) is 0 Å². The van der Waals surface area contributed by atoms with Gasteiger partial charge in [-0.25, -0.2) is 0 Å². The number of nitrogens with two attached hydrogens (primary N) is 1. The van der Waals surface area contributed by atoms with E-state index in [0.29, 0.717) is 5.41 Å². The molecule has 4 heteroatoms. The maximum atomic E-state index is 5.60. The second-order valence-electron chi connectivity index (χ2n) is 4.18. The van der Waals surface area contributed by atoms with Gasteiger partial charge in [0.15, 0.2) is 0 Å². The SMILES string of the molecule is Cn1cc(SCC2(CCN)CC2)cn1. The monoisotopic (exact) mass is 211 g/mol. The van der Waals surface area contributed by atoms with E-state index in [1.165, 1.54) is 29.9 Å². The van der Waals surface area contributed by atoms with Gasteiger partial charge < -0.3 is 5.73 Å². The maximum Gasteiger partial charge on any atom is 0.0625 e. The molecule has 1 heterocycles. The summed E-state index contributed by atoms with van der Waals surface area (Å²) in [5.41, 5.74) is 6.17. The molecule has 0 aliphatic heterocycles. The highest BCUT2D eigenvalue weighted by atomic mass is 32.2. The minimum Gasteiger partial charge on any atom is -0.330 e. The van der Waals surface area contributed by atoms with Gasteiger partial charge in [0.1, 0.15) is 0 Å². The second kappa shape index (κ2) is 3.95. The predicted molar refractivity (Wildman–Crippen MR) is 59.3 cm³/mol. The molecule has 0 spiro atoms. The topological polar surface area (TPSA) is 43.8 Å². The van der Waals surface area contributed by atoms with Crippen molar-refractivity contribution in [3.05, 3.63) is 12.4 Å². The molecule has 0 atom stereocenters. The lowest BCUT2D eigenvalue weighted by molar-refractivity contribution is 0.537. The number of aromatic nitrogens is 2. The lowest BCUT2D eigenvalue weighted by atomic mass is 10.1. The minimum absolute atomic E-state index is 0.565. The first kappa shape index (κ1) is 10.1. The minimum atomic E-state index is 0.565. The van der Waals surface area contributed by atoms with Crippen LogP contribution in [0.15, 0.2) is 17.3 Å². The Morgan fingerprint density at radius 1 is 1.64 bits per heavy atom. The molecule has 2 N–H and O–H groups in total. The number of nitrogens with zero attached hydrogens (tertiary/aromatic N) is 2. The lowest BCUT2D eigenvalue weighted by Crippen LogP contribution is -2.11. The van der Waals surface area contributed by atoms with Crippen LogP contribution in [0.1, 0.15) is 19.3 Å². The van der Waals surface area contributed by atoms with Crippen LogP contribution in [0.3, 0.4) is 0 Å². The van der Waals surface area contributed by atoms with Crippen molar-refractivity contribution in [2.24, 2.45) is 18.2 Å². The van der Waals surface area contributed by atoms with Crippen LogP contribution in [-0.4, -0.2) is 22.1 Å². The molecule has 14 heavy (non-hydrogen) atoms. The first-order valence-corrected chi connectivity index (χ1v) is 6.04. The molecule has 0 radical (unpaired) electrons. The summed E-state index contributed by atoms with van der Waals surface area (Å²) in [6.45, 7) is 0.827. The van der Waals surface area contributed by atoms with Gasteiger partial charge in [0.05, 0.1) is 6.20 Å². The Bertz CT molecular complexity index is 304. The molecule has 1 fully saturated rings. The number of aryl methyl sites for hydroxylation is 1. The van der Waals surface area contributed by atoms with Crippen molar-refractivity contribution in [1.82, 2.24) is 9.78 Å². The fourth-order valence-electron chi connectivity index (χ4n) is 1.66. The number of thioether (sulfide) groups is 1. The van der Waals surface area contributed by atoms with E-state index in [-0.39, 0.29) is 0 Å². The van der Waals surface area contributed by atoms with Crippen molar-refractivity contribution in [2.45, 2.75) is 24.2 Å². The Balaban J connectivity index is 1.82. The lowest BCUT2D eigenvalue weighted by Gasteiger charge is -2.11. The van der Waals surface area contributed by atoms with E-state index in [0.717, 1.165) is 6.54 Å². The summed E-state index contributed by atoms with van der Waals surface area (Å²) in [6.07, 6.45) is 7.90. The Kier molecular flexibility index (Phi) is 2.83. The van der Waals surface area contributed by atoms with Crippen LogP contribution in [0, 0.1) is 5.41 Å². The standard InChI is InChI=1S/C10H17N3S/c1-13-7-9(6-12-13)14-8-10(2-3-10)4-5-11/h6-7H,2-5,8,11H2,1H3. The van der Waals surface area contributed by atoms with Gasteiger partial charge in [-0.1, -0.05) is 0 Å². The van der Waals surface area contributed by atoms with Crippen molar-refractivity contribution < 1.29 is 0 Å². The summed E-state index contributed by atoms with van der Waals surface area (Å²) < 4.78 is 1.85. The van der Waals surface area contributed by atoms with E-state index in [2.05, 4.69) is 11.3 Å². The zero-order chi connectivity index (χ0) is 10.0. The Hall–Kier alpha value is -0.480. The molecular weight excluding hydrogens is 194 g/mol. The van der Waals surface area contributed by atoms with Gasteiger partial charge in [-0.2, -0.15) is 5.10 Å². The molecule has 78 valence electrons. The molecule has 1 aliphatic rings. The van der Waals surface area contributed by atoms with Gasteiger partial charge in [-0.3, -0.25) is 4.68 Å². The van der Waals surface area contributed by atoms with Crippen LogP contribution in [0.5, 0.6) is 0 Å². The van der Waals surface area contributed by atoms with Crippen molar-refractivity contribution in [1.29, 1.82) is 0 Å². The zero-order valence-corrected chi connectivity index (χ0v) is 9.39. The number of rotatable bonds is 5. The Labute approximate surface area is 89.1 Å².